The Labute approximate surface area is 114 Å². The van der Waals surface area contributed by atoms with E-state index in [0.29, 0.717) is 12.8 Å². The first-order chi connectivity index (χ1) is 8.91. The highest BCUT2D eigenvalue weighted by Gasteiger charge is 2.48. The maximum Gasteiger partial charge on any atom is 0.237 e. The van der Waals surface area contributed by atoms with E-state index in [1.54, 1.807) is 0 Å². The van der Waals surface area contributed by atoms with Crippen molar-refractivity contribution in [1.82, 2.24) is 5.32 Å². The maximum atomic E-state index is 12.0. The Bertz CT molecular complexity index is 445. The highest BCUT2D eigenvalue weighted by atomic mass is 16.3. The van der Waals surface area contributed by atoms with E-state index >= 15 is 0 Å². The van der Waals surface area contributed by atoms with Gasteiger partial charge in [0, 0.05) is 11.5 Å². The molecule has 1 saturated carbocycles. The molecule has 4 heteroatoms. The summed E-state index contributed by atoms with van der Waals surface area (Å²) in [5.41, 5.74) is 6.72. The van der Waals surface area contributed by atoms with Crippen molar-refractivity contribution >= 4 is 5.91 Å². The van der Waals surface area contributed by atoms with Gasteiger partial charge in [0.25, 0.3) is 0 Å². The van der Waals surface area contributed by atoms with Crippen LogP contribution in [0.15, 0.2) is 30.3 Å². The molecule has 2 rings (SSSR count). The number of hydrogen-bond acceptors (Lipinski definition) is 3. The molecule has 3 unspecified atom stereocenters. The van der Waals surface area contributed by atoms with Crippen molar-refractivity contribution in [1.29, 1.82) is 0 Å². The van der Waals surface area contributed by atoms with Crippen LogP contribution < -0.4 is 11.1 Å². The van der Waals surface area contributed by atoms with Crippen molar-refractivity contribution in [2.75, 3.05) is 0 Å². The number of carbonyl (C=O) groups excluding carboxylic acids is 1. The van der Waals surface area contributed by atoms with Crippen molar-refractivity contribution in [2.24, 2.45) is 11.1 Å². The van der Waals surface area contributed by atoms with E-state index in [4.69, 9.17) is 5.73 Å². The number of aliphatic hydroxyl groups is 1. The second-order valence-corrected chi connectivity index (χ2v) is 5.93. The predicted octanol–water partition coefficient (Wildman–Crippen LogP) is 0.832. The van der Waals surface area contributed by atoms with Gasteiger partial charge in [0.15, 0.2) is 0 Å². The second kappa shape index (κ2) is 5.31. The van der Waals surface area contributed by atoms with Crippen LogP contribution in [0.3, 0.4) is 0 Å². The molecule has 0 saturated heterocycles. The third-order valence-corrected chi connectivity index (χ3v) is 4.17. The number of benzene rings is 1. The van der Waals surface area contributed by atoms with Crippen LogP contribution in [-0.2, 0) is 11.2 Å². The van der Waals surface area contributed by atoms with E-state index in [-0.39, 0.29) is 23.5 Å². The number of carbonyl (C=O) groups is 1. The Morgan fingerprint density at radius 1 is 1.47 bits per heavy atom. The summed E-state index contributed by atoms with van der Waals surface area (Å²) in [7, 11) is 0. The lowest BCUT2D eigenvalue weighted by Crippen LogP contribution is -2.63. The molecule has 0 aromatic heterocycles. The fourth-order valence-corrected chi connectivity index (χ4v) is 2.39. The normalized spacial score (nSPS) is 26.3. The summed E-state index contributed by atoms with van der Waals surface area (Å²) in [5.74, 6) is -0.145. The molecule has 0 bridgehead atoms. The van der Waals surface area contributed by atoms with Gasteiger partial charge >= 0.3 is 0 Å². The van der Waals surface area contributed by atoms with Crippen molar-refractivity contribution in [3.63, 3.8) is 0 Å². The van der Waals surface area contributed by atoms with E-state index in [1.807, 2.05) is 44.2 Å². The smallest absolute Gasteiger partial charge is 0.237 e. The van der Waals surface area contributed by atoms with Crippen LogP contribution in [0.4, 0.5) is 0 Å². The van der Waals surface area contributed by atoms with Crippen LogP contribution in [0.1, 0.15) is 25.8 Å². The zero-order chi connectivity index (χ0) is 14.0. The standard InChI is InChI=1S/C15H22N2O2/c1-15(2)12(9-13(15)18)17-14(19)11(16)8-10-6-4-3-5-7-10/h3-7,11-13,18H,8-9,16H2,1-2H3,(H,17,19). The van der Waals surface area contributed by atoms with Gasteiger partial charge in [-0.1, -0.05) is 44.2 Å². The van der Waals surface area contributed by atoms with Gasteiger partial charge in [-0.25, -0.2) is 0 Å². The Morgan fingerprint density at radius 2 is 2.11 bits per heavy atom. The van der Waals surface area contributed by atoms with Crippen molar-refractivity contribution in [3.8, 4) is 0 Å². The van der Waals surface area contributed by atoms with Gasteiger partial charge < -0.3 is 16.2 Å². The van der Waals surface area contributed by atoms with Crippen LogP contribution in [0.5, 0.6) is 0 Å². The van der Waals surface area contributed by atoms with Gasteiger partial charge in [0.1, 0.15) is 0 Å². The van der Waals surface area contributed by atoms with Gasteiger partial charge in [-0.3, -0.25) is 4.79 Å². The molecule has 104 valence electrons. The molecule has 19 heavy (non-hydrogen) atoms. The molecule has 0 spiro atoms. The minimum atomic E-state index is -0.545. The van der Waals surface area contributed by atoms with Crippen LogP contribution in [-0.4, -0.2) is 29.2 Å². The molecular weight excluding hydrogens is 240 g/mol. The Kier molecular flexibility index (Phi) is 3.92. The fraction of sp³-hybridized carbons (Fsp3) is 0.533. The highest BCUT2D eigenvalue weighted by Crippen LogP contribution is 2.40. The lowest BCUT2D eigenvalue weighted by molar-refractivity contribution is -0.130. The SMILES string of the molecule is CC1(C)C(O)CC1NC(=O)C(N)Cc1ccccc1. The molecule has 1 aliphatic rings. The van der Waals surface area contributed by atoms with E-state index in [1.165, 1.54) is 0 Å². The van der Waals surface area contributed by atoms with Gasteiger partial charge in [-0.15, -0.1) is 0 Å². The van der Waals surface area contributed by atoms with E-state index in [9.17, 15) is 9.90 Å². The number of aliphatic hydroxyl groups excluding tert-OH is 1. The maximum absolute atomic E-state index is 12.0. The molecule has 0 heterocycles. The molecule has 4 nitrogen and oxygen atoms in total. The molecule has 1 aromatic carbocycles. The second-order valence-electron chi connectivity index (χ2n) is 5.93. The summed E-state index contributed by atoms with van der Waals surface area (Å²) in [5, 5.41) is 12.6. The van der Waals surface area contributed by atoms with Crippen LogP contribution in [0.25, 0.3) is 0 Å². The summed E-state index contributed by atoms with van der Waals surface area (Å²) in [6, 6.07) is 9.20. The molecule has 1 aromatic rings. The minimum absolute atomic E-state index is 0.0109. The summed E-state index contributed by atoms with van der Waals surface area (Å²) >= 11 is 0. The largest absolute Gasteiger partial charge is 0.392 e. The Balaban J connectivity index is 1.87. The third-order valence-electron chi connectivity index (χ3n) is 4.17. The fourth-order valence-electron chi connectivity index (χ4n) is 2.39. The van der Waals surface area contributed by atoms with Crippen LogP contribution in [0, 0.1) is 5.41 Å². The lowest BCUT2D eigenvalue weighted by atomic mass is 9.64. The van der Waals surface area contributed by atoms with Gasteiger partial charge in [0.05, 0.1) is 12.1 Å². The molecule has 1 fully saturated rings. The Hall–Kier alpha value is -1.39. The topological polar surface area (TPSA) is 75.3 Å². The van der Waals surface area contributed by atoms with E-state index < -0.39 is 6.04 Å². The summed E-state index contributed by atoms with van der Waals surface area (Å²) in [4.78, 5) is 12.0. The third kappa shape index (κ3) is 2.96. The van der Waals surface area contributed by atoms with Crippen molar-refractivity contribution in [3.05, 3.63) is 35.9 Å². The lowest BCUT2D eigenvalue weighted by Gasteiger charge is -2.49. The Morgan fingerprint density at radius 3 is 2.63 bits per heavy atom. The summed E-state index contributed by atoms with van der Waals surface area (Å²) in [6.07, 6.45) is 0.794. The average molecular weight is 262 g/mol. The highest BCUT2D eigenvalue weighted by molar-refractivity contribution is 5.82. The molecule has 1 aliphatic carbocycles. The first kappa shape index (κ1) is 14.0. The minimum Gasteiger partial charge on any atom is -0.392 e. The van der Waals surface area contributed by atoms with E-state index in [0.717, 1.165) is 5.56 Å². The zero-order valence-electron chi connectivity index (χ0n) is 11.5. The number of amides is 1. The molecule has 3 atom stereocenters. The van der Waals surface area contributed by atoms with Crippen molar-refractivity contribution < 1.29 is 9.90 Å². The number of rotatable bonds is 4. The number of nitrogens with two attached hydrogens (primary N) is 1. The van der Waals surface area contributed by atoms with Gasteiger partial charge in [0.2, 0.25) is 5.91 Å². The van der Waals surface area contributed by atoms with Gasteiger partial charge in [-0.2, -0.15) is 0 Å². The summed E-state index contributed by atoms with van der Waals surface area (Å²) < 4.78 is 0. The zero-order valence-corrected chi connectivity index (χ0v) is 11.5. The molecule has 4 N–H and O–H groups in total. The number of nitrogens with one attached hydrogen (secondary N) is 1. The van der Waals surface area contributed by atoms with Crippen molar-refractivity contribution in [2.45, 2.75) is 44.9 Å². The molecule has 0 radical (unpaired) electrons. The summed E-state index contributed by atoms with van der Waals surface area (Å²) in [6.45, 7) is 3.91. The van der Waals surface area contributed by atoms with Crippen LogP contribution in [0.2, 0.25) is 0 Å². The molecule has 1 amide bonds. The predicted molar refractivity (Wildman–Crippen MR) is 74.5 cm³/mol. The van der Waals surface area contributed by atoms with Gasteiger partial charge in [-0.05, 0) is 18.4 Å². The average Bonchev–Trinajstić information content (AvgIpc) is 2.39. The monoisotopic (exact) mass is 262 g/mol. The molecular formula is C15H22N2O2. The van der Waals surface area contributed by atoms with E-state index in [2.05, 4.69) is 5.32 Å². The first-order valence-electron chi connectivity index (χ1n) is 6.69. The van der Waals surface area contributed by atoms with Crippen LogP contribution >= 0.6 is 0 Å². The number of hydrogen-bond donors (Lipinski definition) is 3. The quantitative estimate of drug-likeness (QED) is 0.752. The molecule has 0 aliphatic heterocycles. The first-order valence-corrected chi connectivity index (χ1v) is 6.69.